The number of aryl methyl sites for hydroxylation is 1. The van der Waals surface area contributed by atoms with E-state index in [1.54, 1.807) is 0 Å². The van der Waals surface area contributed by atoms with Gasteiger partial charge in [0.25, 0.3) is 0 Å². The Kier molecular flexibility index (Phi) is 3.89. The minimum absolute atomic E-state index is 0.388. The van der Waals surface area contributed by atoms with Crippen LogP contribution in [0.4, 0.5) is 5.88 Å². The van der Waals surface area contributed by atoms with Gasteiger partial charge in [0.2, 0.25) is 17.5 Å². The van der Waals surface area contributed by atoms with Crippen molar-refractivity contribution in [3.05, 3.63) is 35.5 Å². The Bertz CT molecular complexity index is 703. The van der Waals surface area contributed by atoms with Gasteiger partial charge in [-0.2, -0.15) is 10.2 Å². The van der Waals surface area contributed by atoms with Crippen LogP contribution in [0, 0.1) is 30.1 Å². The summed E-state index contributed by atoms with van der Waals surface area (Å²) in [5.74, 6) is 2.36. The van der Waals surface area contributed by atoms with Crippen LogP contribution in [-0.4, -0.2) is 18.1 Å². The standard InChI is InChI=1S/C18H21N3O/c1-12-8-13(2)11-21(10-12)18-16(9-19)20-17(22-18)15-7-5-4-6-14(15)3/h4-7,12-13H,8,10-11H2,1-3H3. The monoisotopic (exact) mass is 295 g/mol. The molecule has 0 N–H and O–H groups in total. The van der Waals surface area contributed by atoms with Crippen molar-refractivity contribution in [2.45, 2.75) is 27.2 Å². The molecule has 1 aromatic carbocycles. The quantitative estimate of drug-likeness (QED) is 0.840. The number of piperidine rings is 1. The minimum atomic E-state index is 0.388. The lowest BCUT2D eigenvalue weighted by Crippen LogP contribution is -2.38. The Balaban J connectivity index is 1.99. The molecule has 1 aliphatic rings. The van der Waals surface area contributed by atoms with Crippen molar-refractivity contribution in [2.24, 2.45) is 11.8 Å². The third-order valence-electron chi connectivity index (χ3n) is 4.25. The fraction of sp³-hybridized carbons (Fsp3) is 0.444. The van der Waals surface area contributed by atoms with Gasteiger partial charge in [0.1, 0.15) is 6.07 Å². The third kappa shape index (κ3) is 2.71. The summed E-state index contributed by atoms with van der Waals surface area (Å²) in [4.78, 5) is 6.59. The summed E-state index contributed by atoms with van der Waals surface area (Å²) in [6.07, 6.45) is 1.22. The average Bonchev–Trinajstić information content (AvgIpc) is 2.91. The van der Waals surface area contributed by atoms with Gasteiger partial charge < -0.3 is 9.32 Å². The van der Waals surface area contributed by atoms with Crippen LogP contribution in [0.1, 0.15) is 31.5 Å². The molecule has 0 radical (unpaired) electrons. The Morgan fingerprint density at radius 3 is 2.55 bits per heavy atom. The molecule has 1 aliphatic heterocycles. The first-order chi connectivity index (χ1) is 10.6. The molecule has 2 aromatic rings. The number of hydrogen-bond acceptors (Lipinski definition) is 4. The van der Waals surface area contributed by atoms with Crippen molar-refractivity contribution < 1.29 is 4.42 Å². The summed E-state index contributed by atoms with van der Waals surface area (Å²) in [6, 6.07) is 10.1. The van der Waals surface area contributed by atoms with Crippen LogP contribution in [0.25, 0.3) is 11.5 Å². The fourth-order valence-corrected chi connectivity index (χ4v) is 3.36. The van der Waals surface area contributed by atoms with Crippen LogP contribution in [-0.2, 0) is 0 Å². The summed E-state index contributed by atoms with van der Waals surface area (Å²) in [5.41, 5.74) is 2.43. The summed E-state index contributed by atoms with van der Waals surface area (Å²) >= 11 is 0. The van der Waals surface area contributed by atoms with Crippen LogP contribution in [0.15, 0.2) is 28.7 Å². The second-order valence-electron chi connectivity index (χ2n) is 6.45. The molecule has 0 aliphatic carbocycles. The highest BCUT2D eigenvalue weighted by molar-refractivity contribution is 5.62. The molecule has 1 saturated heterocycles. The van der Waals surface area contributed by atoms with Gasteiger partial charge in [0.15, 0.2) is 0 Å². The Labute approximate surface area is 131 Å². The van der Waals surface area contributed by atoms with Gasteiger partial charge in [-0.05, 0) is 36.8 Å². The number of nitrogens with zero attached hydrogens (tertiary/aromatic N) is 3. The van der Waals surface area contributed by atoms with Gasteiger partial charge in [0, 0.05) is 18.7 Å². The zero-order valence-electron chi connectivity index (χ0n) is 13.3. The second kappa shape index (κ2) is 5.84. The smallest absolute Gasteiger partial charge is 0.235 e. The Morgan fingerprint density at radius 1 is 1.23 bits per heavy atom. The predicted octanol–water partition coefficient (Wildman–Crippen LogP) is 4.00. The maximum absolute atomic E-state index is 9.41. The van der Waals surface area contributed by atoms with Crippen molar-refractivity contribution >= 4 is 5.88 Å². The van der Waals surface area contributed by atoms with Crippen LogP contribution in [0.3, 0.4) is 0 Å². The van der Waals surface area contributed by atoms with Crippen molar-refractivity contribution in [1.82, 2.24) is 4.98 Å². The number of rotatable bonds is 2. The summed E-state index contributed by atoms with van der Waals surface area (Å²) in [5, 5.41) is 9.41. The van der Waals surface area contributed by atoms with E-state index in [2.05, 4.69) is 29.8 Å². The first-order valence-electron chi connectivity index (χ1n) is 7.80. The van der Waals surface area contributed by atoms with Gasteiger partial charge in [-0.15, -0.1) is 0 Å². The SMILES string of the molecule is Cc1ccccc1-c1nc(C#N)c(N2CC(C)CC(C)C2)o1. The molecule has 2 atom stereocenters. The maximum atomic E-state index is 9.41. The second-order valence-corrected chi connectivity index (χ2v) is 6.45. The molecular weight excluding hydrogens is 274 g/mol. The van der Waals surface area contributed by atoms with E-state index < -0.39 is 0 Å². The zero-order valence-corrected chi connectivity index (χ0v) is 13.3. The van der Waals surface area contributed by atoms with Crippen LogP contribution >= 0.6 is 0 Å². The van der Waals surface area contributed by atoms with Crippen molar-refractivity contribution in [3.8, 4) is 17.5 Å². The van der Waals surface area contributed by atoms with Gasteiger partial charge in [-0.1, -0.05) is 32.0 Å². The average molecular weight is 295 g/mol. The molecule has 2 heterocycles. The lowest BCUT2D eigenvalue weighted by atomic mass is 9.92. The molecule has 22 heavy (non-hydrogen) atoms. The van der Waals surface area contributed by atoms with E-state index >= 15 is 0 Å². The number of hydrogen-bond donors (Lipinski definition) is 0. The Morgan fingerprint density at radius 2 is 1.91 bits per heavy atom. The highest BCUT2D eigenvalue weighted by Crippen LogP contribution is 2.33. The maximum Gasteiger partial charge on any atom is 0.235 e. The topological polar surface area (TPSA) is 53.1 Å². The van der Waals surface area contributed by atoms with Crippen LogP contribution < -0.4 is 4.90 Å². The molecular formula is C18H21N3O. The lowest BCUT2D eigenvalue weighted by molar-refractivity contribution is 0.344. The third-order valence-corrected chi connectivity index (χ3v) is 4.25. The summed E-state index contributed by atoms with van der Waals surface area (Å²) in [6.45, 7) is 8.35. The van der Waals surface area contributed by atoms with E-state index in [4.69, 9.17) is 4.42 Å². The van der Waals surface area contributed by atoms with E-state index in [9.17, 15) is 5.26 Å². The highest BCUT2D eigenvalue weighted by Gasteiger charge is 2.27. The van der Waals surface area contributed by atoms with Gasteiger partial charge in [0.05, 0.1) is 0 Å². The normalized spacial score (nSPS) is 21.6. The van der Waals surface area contributed by atoms with Gasteiger partial charge in [-0.3, -0.25) is 0 Å². The molecule has 114 valence electrons. The fourth-order valence-electron chi connectivity index (χ4n) is 3.36. The molecule has 0 bridgehead atoms. The summed E-state index contributed by atoms with van der Waals surface area (Å²) in [7, 11) is 0. The molecule has 2 unspecified atom stereocenters. The van der Waals surface area contributed by atoms with Gasteiger partial charge >= 0.3 is 0 Å². The van der Waals surface area contributed by atoms with E-state index in [0.717, 1.165) is 24.2 Å². The number of nitriles is 1. The molecule has 1 fully saturated rings. The van der Waals surface area contributed by atoms with Crippen molar-refractivity contribution in [1.29, 1.82) is 5.26 Å². The molecule has 0 spiro atoms. The zero-order chi connectivity index (χ0) is 15.7. The van der Waals surface area contributed by atoms with Crippen LogP contribution in [0.5, 0.6) is 0 Å². The molecule has 4 nitrogen and oxygen atoms in total. The Hall–Kier alpha value is -2.28. The molecule has 4 heteroatoms. The molecule has 3 rings (SSSR count). The summed E-state index contributed by atoms with van der Waals surface area (Å²) < 4.78 is 6.00. The van der Waals surface area contributed by atoms with Gasteiger partial charge in [-0.25, -0.2) is 0 Å². The molecule has 0 saturated carbocycles. The number of oxazole rings is 1. The first kappa shape index (κ1) is 14.6. The molecule has 1 aromatic heterocycles. The predicted molar refractivity (Wildman–Crippen MR) is 86.5 cm³/mol. The van der Waals surface area contributed by atoms with Crippen LogP contribution in [0.2, 0.25) is 0 Å². The lowest BCUT2D eigenvalue weighted by Gasteiger charge is -2.34. The number of anilines is 1. The van der Waals surface area contributed by atoms with E-state index in [1.165, 1.54) is 6.42 Å². The van der Waals surface area contributed by atoms with E-state index in [-0.39, 0.29) is 0 Å². The van der Waals surface area contributed by atoms with E-state index in [0.29, 0.717) is 29.3 Å². The largest absolute Gasteiger partial charge is 0.419 e. The number of aromatic nitrogens is 1. The first-order valence-corrected chi connectivity index (χ1v) is 7.80. The molecule has 0 amide bonds. The van der Waals surface area contributed by atoms with E-state index in [1.807, 2.05) is 31.2 Å². The highest BCUT2D eigenvalue weighted by atomic mass is 16.4. The minimum Gasteiger partial charge on any atom is -0.419 e. The van der Waals surface area contributed by atoms with Crippen molar-refractivity contribution in [2.75, 3.05) is 18.0 Å². The number of benzene rings is 1. The van der Waals surface area contributed by atoms with Crippen molar-refractivity contribution in [3.63, 3.8) is 0 Å².